The van der Waals surface area contributed by atoms with E-state index < -0.39 is 15.3 Å². The molecule has 5 heteroatoms. The summed E-state index contributed by atoms with van der Waals surface area (Å²) in [4.78, 5) is 0. The minimum Gasteiger partial charge on any atom is -0.377 e. The summed E-state index contributed by atoms with van der Waals surface area (Å²) in [5, 5.41) is 8.97. The molecule has 1 saturated heterocycles. The molecule has 1 rings (SSSR count). The van der Waals surface area contributed by atoms with Crippen LogP contribution < -0.4 is 0 Å². The molecule has 0 N–H and O–H groups in total. The molecule has 0 aromatic heterocycles. The Balaban J connectivity index is 2.67. The number of rotatable bonds is 3. The summed E-state index contributed by atoms with van der Waals surface area (Å²) < 4.78 is 27.8. The van der Waals surface area contributed by atoms with Crippen molar-refractivity contribution >= 4 is 9.84 Å². The van der Waals surface area contributed by atoms with Gasteiger partial charge in [-0.15, -0.1) is 0 Å². The molecule has 0 bridgehead atoms. The van der Waals surface area contributed by atoms with E-state index in [4.69, 9.17) is 10.00 Å². The van der Waals surface area contributed by atoms with Crippen molar-refractivity contribution in [2.24, 2.45) is 5.41 Å². The van der Waals surface area contributed by atoms with E-state index in [1.807, 2.05) is 13.8 Å². The molecule has 0 spiro atoms. The Bertz CT molecular complexity index is 342. The first-order valence-corrected chi connectivity index (χ1v) is 6.45. The van der Waals surface area contributed by atoms with Crippen LogP contribution in [0, 0.1) is 16.7 Å². The number of nitrogens with zero attached hydrogens (tertiary/aromatic N) is 1. The molecule has 1 fully saturated rings. The zero-order valence-corrected chi connectivity index (χ0v) is 9.30. The second kappa shape index (κ2) is 3.87. The summed E-state index contributed by atoms with van der Waals surface area (Å²) in [5.74, 6) is 0.0607. The van der Waals surface area contributed by atoms with Gasteiger partial charge in [-0.25, -0.2) is 8.42 Å². The first kappa shape index (κ1) is 11.5. The van der Waals surface area contributed by atoms with E-state index in [-0.39, 0.29) is 24.2 Å². The lowest BCUT2D eigenvalue weighted by atomic mass is 9.91. The average molecular weight is 217 g/mol. The van der Waals surface area contributed by atoms with Gasteiger partial charge in [-0.1, -0.05) is 0 Å². The van der Waals surface area contributed by atoms with Gasteiger partial charge in [-0.3, -0.25) is 0 Å². The van der Waals surface area contributed by atoms with E-state index in [0.717, 1.165) is 0 Å². The van der Waals surface area contributed by atoms with Crippen LogP contribution in [0.1, 0.15) is 20.3 Å². The number of ether oxygens (including phenoxy) is 1. The molecular weight excluding hydrogens is 202 g/mol. The van der Waals surface area contributed by atoms with E-state index in [9.17, 15) is 8.42 Å². The molecule has 0 amide bonds. The Labute approximate surface area is 84.8 Å². The van der Waals surface area contributed by atoms with Gasteiger partial charge in [0.25, 0.3) is 0 Å². The van der Waals surface area contributed by atoms with Gasteiger partial charge in [0.1, 0.15) is 0 Å². The fourth-order valence-corrected chi connectivity index (χ4v) is 3.46. The quantitative estimate of drug-likeness (QED) is 0.699. The summed E-state index contributed by atoms with van der Waals surface area (Å²) >= 11 is 0. The van der Waals surface area contributed by atoms with Gasteiger partial charge in [0.05, 0.1) is 35.7 Å². The highest BCUT2D eigenvalue weighted by Crippen LogP contribution is 2.32. The molecule has 0 aliphatic carbocycles. The first-order valence-electron chi connectivity index (χ1n) is 4.62. The maximum Gasteiger partial charge on any atom is 0.152 e. The third-order valence-corrected chi connectivity index (χ3v) is 4.14. The monoisotopic (exact) mass is 217 g/mol. The molecule has 0 saturated carbocycles. The number of hydrogen-bond acceptors (Lipinski definition) is 4. The van der Waals surface area contributed by atoms with Crippen molar-refractivity contribution in [3.05, 3.63) is 0 Å². The normalized spacial score (nSPS) is 30.4. The van der Waals surface area contributed by atoms with Crippen LogP contribution in [-0.2, 0) is 14.6 Å². The van der Waals surface area contributed by atoms with E-state index in [1.165, 1.54) is 0 Å². The third-order valence-electron chi connectivity index (χ3n) is 2.32. The fraction of sp³-hybridized carbons (Fsp3) is 0.889. The molecule has 0 radical (unpaired) electrons. The Morgan fingerprint density at radius 1 is 1.57 bits per heavy atom. The minimum atomic E-state index is -3.02. The maximum atomic E-state index is 11.2. The van der Waals surface area contributed by atoms with Crippen LogP contribution in [0.2, 0.25) is 0 Å². The average Bonchev–Trinajstić information content (AvgIpc) is 2.40. The van der Waals surface area contributed by atoms with Gasteiger partial charge in [0.15, 0.2) is 9.84 Å². The summed E-state index contributed by atoms with van der Waals surface area (Å²) in [7, 11) is -3.02. The summed E-state index contributed by atoms with van der Waals surface area (Å²) in [6.45, 7) is 3.96. The van der Waals surface area contributed by atoms with Gasteiger partial charge in [-0.2, -0.15) is 5.26 Å². The maximum absolute atomic E-state index is 11.2. The largest absolute Gasteiger partial charge is 0.377 e. The van der Waals surface area contributed by atoms with Crippen LogP contribution in [0.3, 0.4) is 0 Å². The lowest BCUT2D eigenvalue weighted by molar-refractivity contribution is 0.0371. The predicted molar refractivity (Wildman–Crippen MR) is 52.4 cm³/mol. The standard InChI is InChI=1S/C9H15NO3S/c1-8(2)13-6-9(5-10)3-4-14(11,12)7-9/h8H,3-4,6-7H2,1-2H3. The Morgan fingerprint density at radius 2 is 2.21 bits per heavy atom. The van der Waals surface area contributed by atoms with Crippen LogP contribution in [0.5, 0.6) is 0 Å². The molecule has 0 aromatic carbocycles. The highest BCUT2D eigenvalue weighted by Gasteiger charge is 2.43. The molecular formula is C9H15NO3S. The van der Waals surface area contributed by atoms with E-state index >= 15 is 0 Å². The van der Waals surface area contributed by atoms with Crippen molar-refractivity contribution < 1.29 is 13.2 Å². The van der Waals surface area contributed by atoms with Crippen molar-refractivity contribution in [1.29, 1.82) is 5.26 Å². The molecule has 1 aliphatic rings. The highest BCUT2D eigenvalue weighted by molar-refractivity contribution is 7.91. The number of nitriles is 1. The summed E-state index contributed by atoms with van der Waals surface area (Å²) in [6.07, 6.45) is 0.432. The summed E-state index contributed by atoms with van der Waals surface area (Å²) in [5.41, 5.74) is -0.802. The number of sulfone groups is 1. The predicted octanol–water partition coefficient (Wildman–Crippen LogP) is 0.740. The van der Waals surface area contributed by atoms with E-state index in [0.29, 0.717) is 6.42 Å². The van der Waals surface area contributed by atoms with Gasteiger partial charge >= 0.3 is 0 Å². The van der Waals surface area contributed by atoms with Crippen LogP contribution in [-0.4, -0.2) is 32.6 Å². The molecule has 4 nitrogen and oxygen atoms in total. The second-order valence-corrected chi connectivity index (χ2v) is 6.28. The minimum absolute atomic E-state index is 0.0310. The molecule has 1 heterocycles. The van der Waals surface area contributed by atoms with E-state index in [2.05, 4.69) is 6.07 Å². The van der Waals surface area contributed by atoms with Crippen LogP contribution >= 0.6 is 0 Å². The smallest absolute Gasteiger partial charge is 0.152 e. The molecule has 1 aliphatic heterocycles. The molecule has 1 unspecified atom stereocenters. The van der Waals surface area contributed by atoms with Crippen molar-refractivity contribution in [3.63, 3.8) is 0 Å². The summed E-state index contributed by atoms with van der Waals surface area (Å²) in [6, 6.07) is 2.08. The van der Waals surface area contributed by atoms with Crippen molar-refractivity contribution in [1.82, 2.24) is 0 Å². The topological polar surface area (TPSA) is 67.2 Å². The van der Waals surface area contributed by atoms with Gasteiger partial charge in [0, 0.05) is 0 Å². The van der Waals surface area contributed by atoms with Gasteiger partial charge < -0.3 is 4.74 Å². The number of hydrogen-bond donors (Lipinski definition) is 0. The Morgan fingerprint density at radius 3 is 2.57 bits per heavy atom. The van der Waals surface area contributed by atoms with Crippen molar-refractivity contribution in [2.45, 2.75) is 26.4 Å². The fourth-order valence-electron chi connectivity index (χ4n) is 1.48. The molecule has 0 aromatic rings. The zero-order chi connectivity index (χ0) is 10.8. The van der Waals surface area contributed by atoms with Gasteiger partial charge in [-0.05, 0) is 20.3 Å². The second-order valence-electron chi connectivity index (χ2n) is 4.09. The van der Waals surface area contributed by atoms with Gasteiger partial charge in [0.2, 0.25) is 0 Å². The Hall–Kier alpha value is -0.600. The van der Waals surface area contributed by atoms with E-state index in [1.54, 1.807) is 0 Å². The highest BCUT2D eigenvalue weighted by atomic mass is 32.2. The SMILES string of the molecule is CC(C)OCC1(C#N)CCS(=O)(=O)C1. The van der Waals surface area contributed by atoms with Crippen molar-refractivity contribution in [2.75, 3.05) is 18.1 Å². The third kappa shape index (κ3) is 2.69. The lowest BCUT2D eigenvalue weighted by Gasteiger charge is -2.19. The molecule has 1 atom stereocenters. The van der Waals surface area contributed by atoms with Crippen LogP contribution in [0.15, 0.2) is 0 Å². The Kier molecular flexibility index (Phi) is 3.17. The first-order chi connectivity index (χ1) is 6.39. The molecule has 80 valence electrons. The van der Waals surface area contributed by atoms with Crippen LogP contribution in [0.25, 0.3) is 0 Å². The molecule has 14 heavy (non-hydrogen) atoms. The van der Waals surface area contributed by atoms with Crippen LogP contribution in [0.4, 0.5) is 0 Å². The lowest BCUT2D eigenvalue weighted by Crippen LogP contribution is -2.28. The van der Waals surface area contributed by atoms with Crippen molar-refractivity contribution in [3.8, 4) is 6.07 Å². The zero-order valence-electron chi connectivity index (χ0n) is 8.49.